The number of anilines is 1. The Kier molecular flexibility index (Phi) is 6.12. The highest BCUT2D eigenvalue weighted by atomic mass is 19.1. The number of halogens is 1. The largest absolute Gasteiger partial charge is 0.369 e. The van der Waals surface area contributed by atoms with Crippen molar-refractivity contribution in [2.45, 2.75) is 32.6 Å². The van der Waals surface area contributed by atoms with Crippen LogP contribution in [0, 0.1) is 5.82 Å². The van der Waals surface area contributed by atoms with Crippen molar-refractivity contribution in [1.82, 2.24) is 9.97 Å². The fourth-order valence-corrected chi connectivity index (χ4v) is 3.02. The number of aromatic nitrogens is 2. The highest BCUT2D eigenvalue weighted by Gasteiger charge is 2.19. The molecule has 1 fully saturated rings. The van der Waals surface area contributed by atoms with Gasteiger partial charge >= 0.3 is 0 Å². The third-order valence-electron chi connectivity index (χ3n) is 4.85. The Morgan fingerprint density at radius 1 is 1.33 bits per heavy atom. The van der Waals surface area contributed by atoms with Crippen molar-refractivity contribution < 1.29 is 4.39 Å². The molecule has 2 aromatic rings. The minimum atomic E-state index is -0.145. The average Bonchev–Trinajstić information content (AvgIpc) is 2.65. The highest BCUT2D eigenvalue weighted by molar-refractivity contribution is 5.95. The fraction of sp³-hybridized carbons (Fsp3) is 0.318. The molecular weight excluding hydrogens is 339 g/mol. The van der Waals surface area contributed by atoms with Gasteiger partial charge in [-0.15, -0.1) is 0 Å². The maximum atomic E-state index is 14.1. The van der Waals surface area contributed by atoms with Crippen molar-refractivity contribution >= 4 is 11.4 Å². The summed E-state index contributed by atoms with van der Waals surface area (Å²) in [6.45, 7) is 9.79. The normalized spacial score (nSPS) is 16.0. The van der Waals surface area contributed by atoms with Crippen LogP contribution in [0.25, 0.3) is 0 Å². The van der Waals surface area contributed by atoms with Crippen molar-refractivity contribution in [2.75, 3.05) is 18.0 Å². The van der Waals surface area contributed by atoms with E-state index in [2.05, 4.69) is 33.4 Å². The molecule has 0 bridgehead atoms. The van der Waals surface area contributed by atoms with Gasteiger partial charge in [0.1, 0.15) is 5.82 Å². The lowest BCUT2D eigenvalue weighted by atomic mass is 9.93. The van der Waals surface area contributed by atoms with Crippen LogP contribution >= 0.6 is 0 Å². The predicted octanol–water partition coefficient (Wildman–Crippen LogP) is 4.90. The summed E-state index contributed by atoms with van der Waals surface area (Å²) in [5.41, 5.74) is 3.61. The van der Waals surface area contributed by atoms with Gasteiger partial charge in [0.2, 0.25) is 0 Å². The first-order chi connectivity index (χ1) is 13.1. The van der Waals surface area contributed by atoms with Gasteiger partial charge in [-0.2, -0.15) is 0 Å². The molecule has 1 aromatic carbocycles. The lowest BCUT2D eigenvalue weighted by molar-refractivity contribution is 0.571. The molecule has 1 atom stereocenters. The second-order valence-electron chi connectivity index (χ2n) is 6.85. The van der Waals surface area contributed by atoms with Crippen molar-refractivity contribution in [3.63, 3.8) is 0 Å². The van der Waals surface area contributed by atoms with E-state index in [-0.39, 0.29) is 11.7 Å². The van der Waals surface area contributed by atoms with Gasteiger partial charge in [0.15, 0.2) is 5.82 Å². The van der Waals surface area contributed by atoms with Crippen LogP contribution in [0.15, 0.2) is 66.1 Å². The molecule has 5 heteroatoms. The summed E-state index contributed by atoms with van der Waals surface area (Å²) in [5.74, 6) is 0.703. The maximum absolute atomic E-state index is 14.1. The second-order valence-corrected chi connectivity index (χ2v) is 6.85. The van der Waals surface area contributed by atoms with E-state index < -0.39 is 0 Å². The summed E-state index contributed by atoms with van der Waals surface area (Å²) < 4.78 is 14.1. The van der Waals surface area contributed by atoms with E-state index in [1.165, 1.54) is 0 Å². The predicted molar refractivity (Wildman–Crippen MR) is 109 cm³/mol. The first-order valence-corrected chi connectivity index (χ1v) is 9.26. The molecule has 2 heterocycles. The molecule has 27 heavy (non-hydrogen) atoms. The molecule has 1 aromatic heterocycles. The van der Waals surface area contributed by atoms with Crippen LogP contribution < -0.4 is 4.90 Å². The monoisotopic (exact) mass is 364 g/mol. The summed E-state index contributed by atoms with van der Waals surface area (Å²) in [5, 5.41) is 0. The van der Waals surface area contributed by atoms with Crippen LogP contribution in [0.2, 0.25) is 0 Å². The molecule has 0 amide bonds. The number of benzene rings is 1. The quantitative estimate of drug-likeness (QED) is 0.518. The lowest BCUT2D eigenvalue weighted by Gasteiger charge is -2.34. The molecule has 0 N–H and O–H groups in total. The van der Waals surface area contributed by atoms with Gasteiger partial charge in [-0.05, 0) is 55.0 Å². The van der Waals surface area contributed by atoms with Gasteiger partial charge in [-0.3, -0.25) is 4.99 Å². The number of nitrogens with zero attached hydrogens (tertiary/aromatic N) is 4. The Morgan fingerprint density at radius 2 is 2.07 bits per heavy atom. The Labute approximate surface area is 160 Å². The number of allylic oxidation sites excluding steroid dienone is 2. The summed E-state index contributed by atoms with van der Waals surface area (Å²) in [4.78, 5) is 15.0. The van der Waals surface area contributed by atoms with Gasteiger partial charge in [-0.1, -0.05) is 25.6 Å². The second kappa shape index (κ2) is 8.71. The summed E-state index contributed by atoms with van der Waals surface area (Å²) in [7, 11) is 0. The number of hydrogen-bond acceptors (Lipinski definition) is 4. The van der Waals surface area contributed by atoms with Crippen LogP contribution in [0.4, 0.5) is 10.1 Å². The van der Waals surface area contributed by atoms with E-state index in [9.17, 15) is 4.39 Å². The molecule has 1 aliphatic heterocycles. The Bertz CT molecular complexity index is 854. The van der Waals surface area contributed by atoms with Crippen LogP contribution in [0.1, 0.15) is 44.0 Å². The van der Waals surface area contributed by atoms with E-state index >= 15 is 0 Å². The molecule has 3 rings (SSSR count). The molecule has 4 nitrogen and oxygen atoms in total. The zero-order chi connectivity index (χ0) is 19.2. The van der Waals surface area contributed by atoms with Gasteiger partial charge in [0.25, 0.3) is 0 Å². The van der Waals surface area contributed by atoms with Gasteiger partial charge in [-0.25, -0.2) is 14.4 Å². The van der Waals surface area contributed by atoms with E-state index in [0.29, 0.717) is 11.5 Å². The standard InChI is InChI=1S/C22H25FN4/c1-4-18(15-26-17(3)22-24-9-5-10-25-22)13-16(2)19-7-8-20(23)21(14-19)27-11-6-12-27/h4-5,7-10,14-16H,1,6,11-13H2,2-3H3/b18-15+,26-17+. The van der Waals surface area contributed by atoms with E-state index in [0.717, 1.165) is 42.8 Å². The smallest absolute Gasteiger partial charge is 0.173 e. The van der Waals surface area contributed by atoms with Crippen LogP contribution in [-0.4, -0.2) is 28.8 Å². The van der Waals surface area contributed by atoms with Crippen molar-refractivity contribution in [3.05, 3.63) is 78.3 Å². The average molecular weight is 364 g/mol. The fourth-order valence-electron chi connectivity index (χ4n) is 3.02. The SMILES string of the molecule is C=C/C(=C\N=C(/C)c1ncccn1)CC(C)c1ccc(F)c(N2CCC2)c1. The maximum Gasteiger partial charge on any atom is 0.173 e. The lowest BCUT2D eigenvalue weighted by Crippen LogP contribution is -2.37. The van der Waals surface area contributed by atoms with Crippen LogP contribution in [-0.2, 0) is 0 Å². The first kappa shape index (κ1) is 19.0. The number of aliphatic imine (C=N–C) groups is 1. The van der Waals surface area contributed by atoms with Crippen molar-refractivity contribution in [3.8, 4) is 0 Å². The molecule has 0 aliphatic carbocycles. The molecule has 0 radical (unpaired) electrons. The zero-order valence-electron chi connectivity index (χ0n) is 15.9. The van der Waals surface area contributed by atoms with E-state index in [4.69, 9.17) is 0 Å². The molecule has 140 valence electrons. The molecule has 0 saturated carbocycles. The molecular formula is C22H25FN4. The van der Waals surface area contributed by atoms with Gasteiger partial charge < -0.3 is 4.90 Å². The van der Waals surface area contributed by atoms with Crippen LogP contribution in [0.3, 0.4) is 0 Å². The van der Waals surface area contributed by atoms with Gasteiger partial charge in [0.05, 0.1) is 11.4 Å². The minimum absolute atomic E-state index is 0.145. The molecule has 1 saturated heterocycles. The Hall–Kier alpha value is -2.82. The molecule has 0 spiro atoms. The first-order valence-electron chi connectivity index (χ1n) is 9.26. The zero-order valence-corrected chi connectivity index (χ0v) is 15.9. The summed E-state index contributed by atoms with van der Waals surface area (Å²) in [6.07, 6.45) is 8.94. The van der Waals surface area contributed by atoms with Crippen LogP contribution in [0.5, 0.6) is 0 Å². The van der Waals surface area contributed by atoms with Crippen molar-refractivity contribution in [2.24, 2.45) is 4.99 Å². The Balaban J connectivity index is 1.73. The third kappa shape index (κ3) is 4.67. The summed E-state index contributed by atoms with van der Waals surface area (Å²) in [6, 6.07) is 7.20. The number of rotatable bonds is 7. The molecule has 1 aliphatic rings. The minimum Gasteiger partial charge on any atom is -0.369 e. The Morgan fingerprint density at radius 3 is 2.70 bits per heavy atom. The third-order valence-corrected chi connectivity index (χ3v) is 4.85. The number of hydrogen-bond donors (Lipinski definition) is 0. The van der Waals surface area contributed by atoms with E-state index in [1.807, 2.05) is 31.3 Å². The highest BCUT2D eigenvalue weighted by Crippen LogP contribution is 2.30. The topological polar surface area (TPSA) is 41.4 Å². The summed E-state index contributed by atoms with van der Waals surface area (Å²) >= 11 is 0. The van der Waals surface area contributed by atoms with Crippen molar-refractivity contribution in [1.29, 1.82) is 0 Å². The van der Waals surface area contributed by atoms with Gasteiger partial charge in [0, 0.05) is 31.7 Å². The molecule has 1 unspecified atom stereocenters. The van der Waals surface area contributed by atoms with E-state index in [1.54, 1.807) is 24.5 Å².